The van der Waals surface area contributed by atoms with Crippen LogP contribution in [0.5, 0.6) is 0 Å². The molecule has 6 heteroatoms. The summed E-state index contributed by atoms with van der Waals surface area (Å²) in [6.07, 6.45) is 7.85. The first-order chi connectivity index (χ1) is 11.2. The normalized spacial score (nSPS) is 30.6. The number of fused-ring (bicyclic) bond motifs is 2. The molecule has 2 aromatic heterocycles. The van der Waals surface area contributed by atoms with E-state index in [1.807, 2.05) is 24.6 Å². The molecule has 0 amide bonds. The molecule has 1 unspecified atom stereocenters. The van der Waals surface area contributed by atoms with Crippen molar-refractivity contribution in [1.29, 1.82) is 0 Å². The molecule has 0 aromatic carbocycles. The molecule has 122 valence electrons. The van der Waals surface area contributed by atoms with Crippen molar-refractivity contribution in [2.75, 3.05) is 13.2 Å². The first-order valence-corrected chi connectivity index (χ1v) is 9.42. The summed E-state index contributed by atoms with van der Waals surface area (Å²) in [5, 5.41) is 12.0. The standard InChI is InChI=1S/C17H22N4OS/c1-21-10-14(19-20-21)13-9-17(5-6-18-13)16-12(4-7-22-17)8-15(23-16)11-2-3-11/h8,10-11,13,18H,2-7,9H2,1H3/t13-,17?/m0/s1. The van der Waals surface area contributed by atoms with E-state index in [0.29, 0.717) is 0 Å². The Morgan fingerprint density at radius 1 is 1.43 bits per heavy atom. The molecule has 2 atom stereocenters. The lowest BCUT2D eigenvalue weighted by Crippen LogP contribution is -2.45. The van der Waals surface area contributed by atoms with E-state index in [2.05, 4.69) is 21.7 Å². The molecule has 0 radical (unpaired) electrons. The highest BCUT2D eigenvalue weighted by Crippen LogP contribution is 2.51. The zero-order valence-electron chi connectivity index (χ0n) is 13.4. The molecule has 1 saturated heterocycles. The highest BCUT2D eigenvalue weighted by atomic mass is 32.1. The van der Waals surface area contributed by atoms with Gasteiger partial charge in [-0.05, 0) is 49.8 Å². The Kier molecular flexibility index (Phi) is 3.15. The highest BCUT2D eigenvalue weighted by molar-refractivity contribution is 7.12. The van der Waals surface area contributed by atoms with Crippen molar-refractivity contribution in [3.05, 3.63) is 33.3 Å². The molecule has 1 spiro atoms. The van der Waals surface area contributed by atoms with Crippen LogP contribution in [0.15, 0.2) is 12.3 Å². The number of thiophene rings is 1. The summed E-state index contributed by atoms with van der Waals surface area (Å²) in [6, 6.07) is 2.70. The van der Waals surface area contributed by atoms with Crippen molar-refractivity contribution in [1.82, 2.24) is 20.3 Å². The molecule has 4 heterocycles. The van der Waals surface area contributed by atoms with E-state index >= 15 is 0 Å². The van der Waals surface area contributed by atoms with E-state index in [1.165, 1.54) is 17.7 Å². The average Bonchev–Trinajstić information content (AvgIpc) is 3.16. The van der Waals surface area contributed by atoms with Crippen molar-refractivity contribution in [2.24, 2.45) is 7.05 Å². The maximum Gasteiger partial charge on any atom is 0.106 e. The number of nitrogens with zero attached hydrogens (tertiary/aromatic N) is 3. The first kappa shape index (κ1) is 14.1. The van der Waals surface area contributed by atoms with Crippen molar-refractivity contribution < 1.29 is 4.74 Å². The van der Waals surface area contributed by atoms with Crippen LogP contribution < -0.4 is 5.32 Å². The van der Waals surface area contributed by atoms with Gasteiger partial charge in [-0.2, -0.15) is 0 Å². The molecule has 0 bridgehead atoms. The largest absolute Gasteiger partial charge is 0.369 e. The van der Waals surface area contributed by atoms with Gasteiger partial charge in [-0.15, -0.1) is 16.4 Å². The first-order valence-electron chi connectivity index (χ1n) is 8.60. The molecular weight excluding hydrogens is 308 g/mol. The van der Waals surface area contributed by atoms with E-state index < -0.39 is 0 Å². The quantitative estimate of drug-likeness (QED) is 0.920. The minimum Gasteiger partial charge on any atom is -0.369 e. The molecular formula is C17H22N4OS. The summed E-state index contributed by atoms with van der Waals surface area (Å²) < 4.78 is 8.20. The zero-order valence-corrected chi connectivity index (χ0v) is 14.2. The Morgan fingerprint density at radius 2 is 2.35 bits per heavy atom. The Morgan fingerprint density at radius 3 is 3.13 bits per heavy atom. The molecule has 2 fully saturated rings. The predicted octanol–water partition coefficient (Wildman–Crippen LogP) is 2.65. The van der Waals surface area contributed by atoms with E-state index in [4.69, 9.17) is 4.74 Å². The summed E-state index contributed by atoms with van der Waals surface area (Å²) in [6.45, 7) is 1.82. The summed E-state index contributed by atoms with van der Waals surface area (Å²) >= 11 is 2.02. The van der Waals surface area contributed by atoms with E-state index in [1.54, 1.807) is 15.1 Å². The smallest absolute Gasteiger partial charge is 0.106 e. The van der Waals surface area contributed by atoms with Gasteiger partial charge in [-0.3, -0.25) is 4.68 Å². The Bertz CT molecular complexity index is 735. The third kappa shape index (κ3) is 2.35. The zero-order chi connectivity index (χ0) is 15.4. The number of piperidine rings is 1. The number of hydrogen-bond acceptors (Lipinski definition) is 5. The second kappa shape index (κ2) is 5.13. The molecule has 1 aliphatic carbocycles. The van der Waals surface area contributed by atoms with Gasteiger partial charge >= 0.3 is 0 Å². The lowest BCUT2D eigenvalue weighted by atomic mass is 9.82. The Hall–Kier alpha value is -1.24. The van der Waals surface area contributed by atoms with E-state index in [-0.39, 0.29) is 11.6 Å². The lowest BCUT2D eigenvalue weighted by Gasteiger charge is -2.43. The fourth-order valence-corrected chi connectivity index (χ4v) is 5.60. The minimum atomic E-state index is -0.112. The van der Waals surface area contributed by atoms with Gasteiger partial charge in [-0.25, -0.2) is 0 Å². The van der Waals surface area contributed by atoms with Gasteiger partial charge in [0.05, 0.1) is 18.3 Å². The number of aryl methyl sites for hydroxylation is 1. The van der Waals surface area contributed by atoms with Crippen LogP contribution in [0.2, 0.25) is 0 Å². The fourth-order valence-electron chi connectivity index (χ4n) is 4.04. The molecule has 3 aliphatic rings. The Balaban J connectivity index is 1.49. The van der Waals surface area contributed by atoms with Gasteiger partial charge in [0.1, 0.15) is 5.60 Å². The minimum absolute atomic E-state index is 0.112. The maximum absolute atomic E-state index is 6.42. The summed E-state index contributed by atoms with van der Waals surface area (Å²) in [5.74, 6) is 0.833. The van der Waals surface area contributed by atoms with Gasteiger partial charge in [0, 0.05) is 29.4 Å². The molecule has 2 aromatic rings. The predicted molar refractivity (Wildman–Crippen MR) is 88.6 cm³/mol. The number of nitrogens with one attached hydrogen (secondary N) is 1. The second-order valence-corrected chi connectivity index (χ2v) is 8.23. The fraction of sp³-hybridized carbons (Fsp3) is 0.647. The monoisotopic (exact) mass is 330 g/mol. The molecule has 5 rings (SSSR count). The van der Waals surface area contributed by atoms with Crippen LogP contribution >= 0.6 is 11.3 Å². The number of hydrogen-bond donors (Lipinski definition) is 1. The number of rotatable bonds is 2. The van der Waals surface area contributed by atoms with Gasteiger partial charge in [-0.1, -0.05) is 5.21 Å². The second-order valence-electron chi connectivity index (χ2n) is 7.15. The SMILES string of the molecule is Cn1cc([C@@H]2CC3(CCN2)OCCc2cc(C4CC4)sc23)nn1. The molecule has 5 nitrogen and oxygen atoms in total. The average molecular weight is 330 g/mol. The highest BCUT2D eigenvalue weighted by Gasteiger charge is 2.45. The summed E-state index contributed by atoms with van der Waals surface area (Å²) in [7, 11) is 1.92. The van der Waals surface area contributed by atoms with Crippen LogP contribution in [-0.2, 0) is 23.8 Å². The lowest BCUT2D eigenvalue weighted by molar-refractivity contribution is -0.0871. The van der Waals surface area contributed by atoms with Crippen LogP contribution in [0.25, 0.3) is 0 Å². The van der Waals surface area contributed by atoms with Crippen molar-refractivity contribution >= 4 is 11.3 Å². The van der Waals surface area contributed by atoms with Gasteiger partial charge in [0.2, 0.25) is 0 Å². The molecule has 1 saturated carbocycles. The third-order valence-corrected chi connectivity index (χ3v) is 6.93. The van der Waals surface area contributed by atoms with Crippen LogP contribution in [0.1, 0.15) is 58.7 Å². The van der Waals surface area contributed by atoms with E-state index in [0.717, 1.165) is 44.0 Å². The van der Waals surface area contributed by atoms with Crippen LogP contribution in [0.4, 0.5) is 0 Å². The van der Waals surface area contributed by atoms with Crippen molar-refractivity contribution in [2.45, 2.75) is 49.7 Å². The van der Waals surface area contributed by atoms with Crippen molar-refractivity contribution in [3.8, 4) is 0 Å². The van der Waals surface area contributed by atoms with Crippen LogP contribution in [0.3, 0.4) is 0 Å². The van der Waals surface area contributed by atoms with Crippen LogP contribution in [0, 0.1) is 0 Å². The van der Waals surface area contributed by atoms with Gasteiger partial charge < -0.3 is 10.1 Å². The number of aromatic nitrogens is 3. The molecule has 1 N–H and O–H groups in total. The molecule has 23 heavy (non-hydrogen) atoms. The van der Waals surface area contributed by atoms with Crippen molar-refractivity contribution in [3.63, 3.8) is 0 Å². The molecule has 2 aliphatic heterocycles. The summed E-state index contributed by atoms with van der Waals surface area (Å²) in [4.78, 5) is 3.09. The Labute approximate surface area is 140 Å². The summed E-state index contributed by atoms with van der Waals surface area (Å²) in [5.41, 5.74) is 2.46. The van der Waals surface area contributed by atoms with Gasteiger partial charge in [0.15, 0.2) is 0 Å². The van der Waals surface area contributed by atoms with E-state index in [9.17, 15) is 0 Å². The number of ether oxygens (including phenoxy) is 1. The van der Waals surface area contributed by atoms with Gasteiger partial charge in [0.25, 0.3) is 0 Å². The maximum atomic E-state index is 6.42. The topological polar surface area (TPSA) is 52.0 Å². The van der Waals surface area contributed by atoms with Crippen LogP contribution in [-0.4, -0.2) is 28.1 Å². The third-order valence-electron chi connectivity index (χ3n) is 5.40.